The zero-order chi connectivity index (χ0) is 12.1. The third kappa shape index (κ3) is 3.34. The van der Waals surface area contributed by atoms with E-state index < -0.39 is 0 Å². The molecule has 1 fully saturated rings. The van der Waals surface area contributed by atoms with Gasteiger partial charge in [-0.15, -0.1) is 0 Å². The van der Waals surface area contributed by atoms with Crippen molar-refractivity contribution < 1.29 is 0 Å². The maximum atomic E-state index is 2.33. The average molecular weight is 229 g/mol. The first kappa shape index (κ1) is 12.7. The van der Waals surface area contributed by atoms with Crippen molar-refractivity contribution in [2.24, 2.45) is 5.92 Å². The van der Waals surface area contributed by atoms with Crippen molar-refractivity contribution in [1.29, 1.82) is 0 Å². The summed E-state index contributed by atoms with van der Waals surface area (Å²) in [6, 6.07) is 9.18. The lowest BCUT2D eigenvalue weighted by atomic mass is 9.77. The molecule has 0 N–H and O–H groups in total. The van der Waals surface area contributed by atoms with Gasteiger partial charge in [0, 0.05) is 0 Å². The fourth-order valence-corrected chi connectivity index (χ4v) is 3.15. The van der Waals surface area contributed by atoms with Crippen molar-refractivity contribution in [3.8, 4) is 0 Å². The fraction of sp³-hybridized carbons (Fsp3) is 0.588. The highest BCUT2D eigenvalue weighted by Crippen LogP contribution is 2.37. The molecule has 0 unspecified atom stereocenters. The predicted molar refractivity (Wildman–Crippen MR) is 75.1 cm³/mol. The highest BCUT2D eigenvalue weighted by molar-refractivity contribution is 5.29. The Morgan fingerprint density at radius 2 is 1.71 bits per heavy atom. The van der Waals surface area contributed by atoms with Crippen LogP contribution in [0.3, 0.4) is 0 Å². The summed E-state index contributed by atoms with van der Waals surface area (Å²) in [5, 5.41) is 0. The van der Waals surface area contributed by atoms with Crippen molar-refractivity contribution in [2.75, 3.05) is 0 Å². The van der Waals surface area contributed by atoms with Gasteiger partial charge in [-0.25, -0.2) is 0 Å². The Hall–Kier alpha value is -0.780. The molecule has 0 aliphatic heterocycles. The summed E-state index contributed by atoms with van der Waals surface area (Å²) in [7, 11) is 0. The van der Waals surface area contributed by atoms with Crippen LogP contribution in [0.2, 0.25) is 0 Å². The van der Waals surface area contributed by atoms with E-state index in [1.54, 1.807) is 5.56 Å². The molecule has 0 saturated heterocycles. The van der Waals surface area contributed by atoms with Crippen LogP contribution in [0.4, 0.5) is 0 Å². The molecule has 1 aliphatic carbocycles. The lowest BCUT2D eigenvalue weighted by molar-refractivity contribution is 0.308. The standard InChI is InChI=1S/C17H25/c1-3-5-15-8-12-17(13-9-15)16-10-6-14(4-2)7-11-16/h4,6-7,10-11,15,17H,3,5,8-9,12-13H2,1-2H3. The third-order valence-electron chi connectivity index (χ3n) is 4.28. The second-order valence-corrected chi connectivity index (χ2v) is 5.46. The molecule has 2 rings (SSSR count). The Morgan fingerprint density at radius 3 is 2.24 bits per heavy atom. The Morgan fingerprint density at radius 1 is 1.06 bits per heavy atom. The van der Waals surface area contributed by atoms with Crippen LogP contribution in [0.5, 0.6) is 0 Å². The number of hydrogen-bond acceptors (Lipinski definition) is 0. The largest absolute Gasteiger partial charge is 0.0654 e. The molecule has 0 amide bonds. The third-order valence-corrected chi connectivity index (χ3v) is 4.28. The van der Waals surface area contributed by atoms with Crippen LogP contribution in [0.1, 0.15) is 69.4 Å². The van der Waals surface area contributed by atoms with Crippen molar-refractivity contribution in [3.63, 3.8) is 0 Å². The molecule has 1 radical (unpaired) electrons. The summed E-state index contributed by atoms with van der Waals surface area (Å²) in [4.78, 5) is 0. The van der Waals surface area contributed by atoms with Crippen LogP contribution < -0.4 is 0 Å². The highest BCUT2D eigenvalue weighted by Gasteiger charge is 2.21. The van der Waals surface area contributed by atoms with E-state index in [2.05, 4.69) is 44.5 Å². The molecule has 0 bridgehead atoms. The topological polar surface area (TPSA) is 0 Å². The smallest absolute Gasteiger partial charge is 0.0124 e. The number of hydrogen-bond donors (Lipinski definition) is 0. The highest BCUT2D eigenvalue weighted by atomic mass is 14.3. The summed E-state index contributed by atoms with van der Waals surface area (Å²) in [6.07, 6.45) is 10.7. The van der Waals surface area contributed by atoms with Crippen molar-refractivity contribution in [2.45, 2.75) is 58.3 Å². The summed E-state index contributed by atoms with van der Waals surface area (Å²) >= 11 is 0. The zero-order valence-electron chi connectivity index (χ0n) is 11.3. The van der Waals surface area contributed by atoms with E-state index >= 15 is 0 Å². The monoisotopic (exact) mass is 229 g/mol. The van der Waals surface area contributed by atoms with E-state index in [1.165, 1.54) is 44.1 Å². The second-order valence-electron chi connectivity index (χ2n) is 5.46. The molecular weight excluding hydrogens is 204 g/mol. The second kappa shape index (κ2) is 6.23. The van der Waals surface area contributed by atoms with Gasteiger partial charge in [0.05, 0.1) is 0 Å². The predicted octanol–water partition coefficient (Wildman–Crippen LogP) is 5.33. The Kier molecular flexibility index (Phi) is 4.65. The molecule has 0 spiro atoms. The SMILES string of the molecule is C[CH]c1ccc(C2CCC(CCC)CC2)cc1. The fourth-order valence-electron chi connectivity index (χ4n) is 3.15. The zero-order valence-corrected chi connectivity index (χ0v) is 11.3. The van der Waals surface area contributed by atoms with Crippen LogP contribution in [0.25, 0.3) is 0 Å². The van der Waals surface area contributed by atoms with Gasteiger partial charge in [0.2, 0.25) is 0 Å². The average Bonchev–Trinajstić information content (AvgIpc) is 2.40. The first-order valence-electron chi connectivity index (χ1n) is 7.22. The molecule has 1 aliphatic rings. The molecule has 93 valence electrons. The first-order valence-corrected chi connectivity index (χ1v) is 7.22. The van der Waals surface area contributed by atoms with Crippen LogP contribution in [0.15, 0.2) is 24.3 Å². The number of rotatable bonds is 4. The maximum absolute atomic E-state index is 2.33. The van der Waals surface area contributed by atoms with Crippen molar-refractivity contribution in [1.82, 2.24) is 0 Å². The Bertz CT molecular complexity index is 314. The van der Waals surface area contributed by atoms with Gasteiger partial charge in [-0.3, -0.25) is 0 Å². The van der Waals surface area contributed by atoms with E-state index in [0.717, 1.165) is 11.8 Å². The molecule has 1 aromatic carbocycles. The maximum Gasteiger partial charge on any atom is -0.0124 e. The summed E-state index contributed by atoms with van der Waals surface area (Å²) < 4.78 is 0. The molecule has 0 aromatic heterocycles. The Labute approximate surface area is 106 Å². The molecule has 0 atom stereocenters. The summed E-state index contributed by atoms with van der Waals surface area (Å²) in [5.41, 5.74) is 2.90. The van der Waals surface area contributed by atoms with Gasteiger partial charge >= 0.3 is 0 Å². The molecule has 17 heavy (non-hydrogen) atoms. The van der Waals surface area contributed by atoms with E-state index in [0.29, 0.717) is 0 Å². The van der Waals surface area contributed by atoms with E-state index in [9.17, 15) is 0 Å². The molecule has 0 heterocycles. The van der Waals surface area contributed by atoms with Gasteiger partial charge < -0.3 is 0 Å². The van der Waals surface area contributed by atoms with Gasteiger partial charge in [0.25, 0.3) is 0 Å². The minimum absolute atomic E-state index is 0.828. The van der Waals surface area contributed by atoms with Crippen LogP contribution in [-0.4, -0.2) is 0 Å². The van der Waals surface area contributed by atoms with Crippen LogP contribution in [0, 0.1) is 12.3 Å². The lowest BCUT2D eigenvalue weighted by Crippen LogP contribution is -2.13. The minimum Gasteiger partial charge on any atom is -0.0654 e. The quantitative estimate of drug-likeness (QED) is 0.654. The van der Waals surface area contributed by atoms with Gasteiger partial charge in [-0.2, -0.15) is 0 Å². The number of benzene rings is 1. The molecule has 1 aromatic rings. The van der Waals surface area contributed by atoms with Gasteiger partial charge in [-0.1, -0.05) is 51.0 Å². The minimum atomic E-state index is 0.828. The Balaban J connectivity index is 1.91. The van der Waals surface area contributed by atoms with Gasteiger partial charge in [0.1, 0.15) is 0 Å². The molecular formula is C17H25. The van der Waals surface area contributed by atoms with E-state index in [1.807, 2.05) is 0 Å². The molecule has 0 heteroatoms. The summed E-state index contributed by atoms with van der Waals surface area (Å²) in [5.74, 6) is 1.84. The normalized spacial score (nSPS) is 24.8. The van der Waals surface area contributed by atoms with Crippen molar-refractivity contribution in [3.05, 3.63) is 41.8 Å². The van der Waals surface area contributed by atoms with Crippen LogP contribution in [-0.2, 0) is 0 Å². The van der Waals surface area contributed by atoms with E-state index in [-0.39, 0.29) is 0 Å². The lowest BCUT2D eigenvalue weighted by Gasteiger charge is -2.28. The molecule has 1 saturated carbocycles. The van der Waals surface area contributed by atoms with Crippen LogP contribution >= 0.6 is 0 Å². The van der Waals surface area contributed by atoms with Gasteiger partial charge in [0.15, 0.2) is 0 Å². The first-order chi connectivity index (χ1) is 8.33. The molecule has 0 nitrogen and oxygen atoms in total. The van der Waals surface area contributed by atoms with Crippen molar-refractivity contribution >= 4 is 0 Å². The van der Waals surface area contributed by atoms with Gasteiger partial charge in [-0.05, 0) is 55.1 Å². The summed E-state index contributed by atoms with van der Waals surface area (Å²) in [6.45, 7) is 4.41. The van der Waals surface area contributed by atoms with E-state index in [4.69, 9.17) is 0 Å².